The Morgan fingerprint density at radius 3 is 2.46 bits per heavy atom. The van der Waals surface area contributed by atoms with E-state index in [0.29, 0.717) is 11.3 Å². The Morgan fingerprint density at radius 1 is 1.04 bits per heavy atom. The second kappa shape index (κ2) is 7.87. The first-order valence-electron chi connectivity index (χ1n) is 8.03. The Balaban J connectivity index is 1.98. The fourth-order valence-electron chi connectivity index (χ4n) is 2.60. The SMILES string of the molecule is COc1cc(F)c(Nc2cc(-c3ccc(F)cc3OC)ncn2)cc1C(N)=O. The number of aromatic nitrogens is 2. The molecule has 144 valence electrons. The minimum absolute atomic E-state index is 0.0147. The van der Waals surface area contributed by atoms with Gasteiger partial charge in [-0.15, -0.1) is 0 Å². The fourth-order valence-corrected chi connectivity index (χ4v) is 2.60. The number of primary amides is 1. The van der Waals surface area contributed by atoms with Crippen molar-refractivity contribution in [3.8, 4) is 22.8 Å². The number of hydrogen-bond donors (Lipinski definition) is 2. The number of ether oxygens (including phenoxy) is 2. The average Bonchev–Trinajstić information content (AvgIpc) is 2.69. The van der Waals surface area contributed by atoms with Gasteiger partial charge in [0.25, 0.3) is 5.91 Å². The summed E-state index contributed by atoms with van der Waals surface area (Å²) >= 11 is 0. The zero-order valence-corrected chi connectivity index (χ0v) is 15.0. The first-order chi connectivity index (χ1) is 13.4. The molecule has 0 saturated carbocycles. The highest BCUT2D eigenvalue weighted by Gasteiger charge is 2.16. The molecule has 3 rings (SSSR count). The maximum Gasteiger partial charge on any atom is 0.252 e. The molecule has 28 heavy (non-hydrogen) atoms. The number of nitrogens with two attached hydrogens (primary N) is 1. The van der Waals surface area contributed by atoms with Gasteiger partial charge in [-0.1, -0.05) is 0 Å². The number of nitrogens with zero attached hydrogens (tertiary/aromatic N) is 2. The number of anilines is 2. The minimum Gasteiger partial charge on any atom is -0.496 e. The van der Waals surface area contributed by atoms with Crippen LogP contribution in [0, 0.1) is 11.6 Å². The van der Waals surface area contributed by atoms with Gasteiger partial charge in [0.1, 0.15) is 35.3 Å². The summed E-state index contributed by atoms with van der Waals surface area (Å²) in [5, 5.41) is 2.77. The standard InChI is InChI=1S/C19H16F2N4O3/c1-27-16-5-10(20)3-4-11(16)14-8-18(24-9-23-14)25-15-6-12(19(22)26)17(28-2)7-13(15)21/h3-9H,1-2H3,(H2,22,26)(H,23,24,25). The number of amides is 1. The number of hydrogen-bond acceptors (Lipinski definition) is 6. The van der Waals surface area contributed by atoms with E-state index in [2.05, 4.69) is 15.3 Å². The molecule has 0 aliphatic rings. The predicted octanol–water partition coefficient (Wildman–Crippen LogP) is 3.28. The highest BCUT2D eigenvalue weighted by Crippen LogP contribution is 2.32. The van der Waals surface area contributed by atoms with Gasteiger partial charge >= 0.3 is 0 Å². The van der Waals surface area contributed by atoms with Crippen LogP contribution in [0.5, 0.6) is 11.5 Å². The van der Waals surface area contributed by atoms with Crippen LogP contribution in [0.1, 0.15) is 10.4 Å². The lowest BCUT2D eigenvalue weighted by Crippen LogP contribution is -2.13. The Morgan fingerprint density at radius 2 is 1.79 bits per heavy atom. The minimum atomic E-state index is -0.765. The van der Waals surface area contributed by atoms with Crippen molar-refractivity contribution in [1.82, 2.24) is 9.97 Å². The van der Waals surface area contributed by atoms with Crippen molar-refractivity contribution in [2.75, 3.05) is 19.5 Å². The lowest BCUT2D eigenvalue weighted by molar-refractivity contribution is 0.0997. The maximum absolute atomic E-state index is 14.4. The van der Waals surface area contributed by atoms with Crippen molar-refractivity contribution in [3.63, 3.8) is 0 Å². The van der Waals surface area contributed by atoms with Crippen molar-refractivity contribution in [2.24, 2.45) is 5.73 Å². The van der Waals surface area contributed by atoms with E-state index in [1.807, 2.05) is 0 Å². The summed E-state index contributed by atoms with van der Waals surface area (Å²) in [6.07, 6.45) is 1.26. The van der Waals surface area contributed by atoms with Crippen molar-refractivity contribution in [1.29, 1.82) is 0 Å². The smallest absolute Gasteiger partial charge is 0.252 e. The summed E-state index contributed by atoms with van der Waals surface area (Å²) in [5.74, 6) is -1.32. The maximum atomic E-state index is 14.4. The number of carbonyl (C=O) groups excluding carboxylic acids is 1. The van der Waals surface area contributed by atoms with E-state index in [0.717, 1.165) is 6.07 Å². The van der Waals surface area contributed by atoms with E-state index in [1.54, 1.807) is 0 Å². The largest absolute Gasteiger partial charge is 0.496 e. The van der Waals surface area contributed by atoms with E-state index in [9.17, 15) is 13.6 Å². The zero-order valence-electron chi connectivity index (χ0n) is 15.0. The summed E-state index contributed by atoms with van der Waals surface area (Å²) in [6, 6.07) is 7.83. The molecule has 1 amide bonds. The second-order valence-corrected chi connectivity index (χ2v) is 5.65. The summed E-state index contributed by atoms with van der Waals surface area (Å²) in [5.41, 5.74) is 6.26. The van der Waals surface area contributed by atoms with Crippen LogP contribution >= 0.6 is 0 Å². The number of benzene rings is 2. The molecule has 3 N–H and O–H groups in total. The van der Waals surface area contributed by atoms with Crippen molar-refractivity contribution >= 4 is 17.4 Å². The highest BCUT2D eigenvalue weighted by molar-refractivity contribution is 5.97. The molecule has 2 aromatic carbocycles. The number of halogens is 2. The lowest BCUT2D eigenvalue weighted by Gasteiger charge is -2.12. The molecule has 0 spiro atoms. The zero-order chi connectivity index (χ0) is 20.3. The number of methoxy groups -OCH3 is 2. The Labute approximate surface area is 159 Å². The van der Waals surface area contributed by atoms with Crippen LogP contribution in [-0.2, 0) is 0 Å². The molecule has 0 radical (unpaired) electrons. The molecule has 0 saturated heterocycles. The molecule has 3 aromatic rings. The average molecular weight is 386 g/mol. The number of nitrogens with one attached hydrogen (secondary N) is 1. The van der Waals surface area contributed by atoms with Crippen molar-refractivity contribution < 1.29 is 23.0 Å². The van der Waals surface area contributed by atoms with Crippen LogP contribution in [-0.4, -0.2) is 30.1 Å². The van der Waals surface area contributed by atoms with Gasteiger partial charge < -0.3 is 20.5 Å². The van der Waals surface area contributed by atoms with Gasteiger partial charge in [-0.25, -0.2) is 18.7 Å². The van der Waals surface area contributed by atoms with Crippen LogP contribution in [0.3, 0.4) is 0 Å². The first-order valence-corrected chi connectivity index (χ1v) is 8.03. The normalized spacial score (nSPS) is 10.4. The van der Waals surface area contributed by atoms with E-state index in [-0.39, 0.29) is 28.6 Å². The van der Waals surface area contributed by atoms with Crippen molar-refractivity contribution in [3.05, 3.63) is 59.9 Å². The van der Waals surface area contributed by atoms with Gasteiger partial charge in [-0.05, 0) is 18.2 Å². The first kappa shape index (κ1) is 19.0. The number of carbonyl (C=O) groups is 1. The summed E-state index contributed by atoms with van der Waals surface area (Å²) in [7, 11) is 2.72. The molecule has 0 atom stereocenters. The molecule has 0 unspecified atom stereocenters. The van der Waals surface area contributed by atoms with Crippen LogP contribution in [0.15, 0.2) is 42.7 Å². The van der Waals surface area contributed by atoms with Crippen molar-refractivity contribution in [2.45, 2.75) is 0 Å². The molecular weight excluding hydrogens is 370 g/mol. The van der Waals surface area contributed by atoms with Crippen LogP contribution < -0.4 is 20.5 Å². The van der Waals surface area contributed by atoms with E-state index >= 15 is 0 Å². The van der Waals surface area contributed by atoms with E-state index in [4.69, 9.17) is 15.2 Å². The van der Waals surface area contributed by atoms with Gasteiger partial charge in [0.2, 0.25) is 0 Å². The topological polar surface area (TPSA) is 99.4 Å². The second-order valence-electron chi connectivity index (χ2n) is 5.65. The monoisotopic (exact) mass is 386 g/mol. The van der Waals surface area contributed by atoms with Gasteiger partial charge in [0.05, 0.1) is 31.2 Å². The lowest BCUT2D eigenvalue weighted by atomic mass is 10.1. The van der Waals surface area contributed by atoms with Gasteiger partial charge in [0, 0.05) is 23.8 Å². The van der Waals surface area contributed by atoms with Gasteiger partial charge in [0.15, 0.2) is 0 Å². The van der Waals surface area contributed by atoms with E-state index in [1.165, 1.54) is 50.9 Å². The van der Waals surface area contributed by atoms with Gasteiger partial charge in [-0.2, -0.15) is 0 Å². The molecule has 0 fully saturated rings. The Bertz CT molecular complexity index is 1040. The molecule has 9 heteroatoms. The molecule has 0 aliphatic carbocycles. The third kappa shape index (κ3) is 3.83. The highest BCUT2D eigenvalue weighted by atomic mass is 19.1. The third-order valence-electron chi connectivity index (χ3n) is 3.92. The Kier molecular flexibility index (Phi) is 5.35. The fraction of sp³-hybridized carbons (Fsp3) is 0.105. The summed E-state index contributed by atoms with van der Waals surface area (Å²) in [4.78, 5) is 19.7. The predicted molar refractivity (Wildman–Crippen MR) is 98.7 cm³/mol. The summed E-state index contributed by atoms with van der Waals surface area (Å²) in [6.45, 7) is 0. The van der Waals surface area contributed by atoms with E-state index < -0.39 is 17.5 Å². The quantitative estimate of drug-likeness (QED) is 0.675. The third-order valence-corrected chi connectivity index (χ3v) is 3.92. The molecule has 0 bridgehead atoms. The molecule has 7 nitrogen and oxygen atoms in total. The Hall–Kier alpha value is -3.75. The van der Waals surface area contributed by atoms with Crippen LogP contribution in [0.4, 0.5) is 20.3 Å². The van der Waals surface area contributed by atoms with Crippen LogP contribution in [0.25, 0.3) is 11.3 Å². The molecule has 1 heterocycles. The molecular formula is C19H16F2N4O3. The van der Waals surface area contributed by atoms with Crippen LogP contribution in [0.2, 0.25) is 0 Å². The number of rotatable bonds is 6. The summed E-state index contributed by atoms with van der Waals surface area (Å²) < 4.78 is 37.9. The molecule has 1 aromatic heterocycles. The molecule has 0 aliphatic heterocycles. The van der Waals surface area contributed by atoms with Gasteiger partial charge in [-0.3, -0.25) is 4.79 Å².